The molecule has 1 aliphatic rings. The van der Waals surface area contributed by atoms with Gasteiger partial charge in [-0.1, -0.05) is 11.8 Å². The van der Waals surface area contributed by atoms with Gasteiger partial charge in [-0.3, -0.25) is 14.9 Å². The third-order valence-corrected chi connectivity index (χ3v) is 4.42. The van der Waals surface area contributed by atoms with Crippen molar-refractivity contribution in [2.45, 2.75) is 24.1 Å². The van der Waals surface area contributed by atoms with Crippen molar-refractivity contribution in [3.05, 3.63) is 28.3 Å². The zero-order chi connectivity index (χ0) is 16.2. The van der Waals surface area contributed by atoms with Crippen molar-refractivity contribution >= 4 is 34.4 Å². The second-order valence-corrected chi connectivity index (χ2v) is 6.19. The van der Waals surface area contributed by atoms with Gasteiger partial charge in [0.1, 0.15) is 0 Å². The van der Waals surface area contributed by atoms with Crippen LogP contribution in [0.1, 0.15) is 12.8 Å². The second-order valence-electron chi connectivity index (χ2n) is 5.23. The quantitative estimate of drug-likeness (QED) is 0.473. The molecule has 1 saturated heterocycles. The summed E-state index contributed by atoms with van der Waals surface area (Å²) in [6.07, 6.45) is 2.15. The van der Waals surface area contributed by atoms with Crippen LogP contribution in [-0.4, -0.2) is 45.8 Å². The molecule has 9 heteroatoms. The van der Waals surface area contributed by atoms with Gasteiger partial charge in [0.2, 0.25) is 5.91 Å². The van der Waals surface area contributed by atoms with Crippen molar-refractivity contribution in [1.82, 2.24) is 15.3 Å². The van der Waals surface area contributed by atoms with Crippen molar-refractivity contribution < 1.29 is 14.5 Å². The van der Waals surface area contributed by atoms with Gasteiger partial charge in [-0.15, -0.1) is 0 Å². The molecule has 8 nitrogen and oxygen atoms in total. The van der Waals surface area contributed by atoms with Crippen LogP contribution in [0.2, 0.25) is 0 Å². The van der Waals surface area contributed by atoms with E-state index in [9.17, 15) is 14.9 Å². The van der Waals surface area contributed by atoms with Gasteiger partial charge in [-0.2, -0.15) is 0 Å². The monoisotopic (exact) mass is 336 g/mol. The minimum absolute atomic E-state index is 0.00649. The zero-order valence-corrected chi connectivity index (χ0v) is 13.1. The number of fused-ring (bicyclic) bond motifs is 1. The number of rotatable bonds is 6. The predicted molar refractivity (Wildman–Crippen MR) is 85.5 cm³/mol. The Morgan fingerprint density at radius 1 is 1.57 bits per heavy atom. The maximum absolute atomic E-state index is 11.8. The number of aromatic amines is 1. The van der Waals surface area contributed by atoms with E-state index in [0.717, 1.165) is 19.4 Å². The molecule has 0 saturated carbocycles. The number of hydrogen-bond donors (Lipinski definition) is 2. The van der Waals surface area contributed by atoms with Gasteiger partial charge < -0.3 is 15.0 Å². The number of nitrogens with one attached hydrogen (secondary N) is 2. The lowest BCUT2D eigenvalue weighted by Gasteiger charge is -2.10. The Hall–Kier alpha value is -2.13. The first-order valence-electron chi connectivity index (χ1n) is 7.27. The van der Waals surface area contributed by atoms with E-state index in [4.69, 9.17) is 4.74 Å². The maximum Gasteiger partial charge on any atom is 0.271 e. The SMILES string of the molecule is O=C(CSc1nc2ccc([N+](=O)[O-])cc2[nH]1)NC[C@@H]1CCCO1. The van der Waals surface area contributed by atoms with Crippen molar-refractivity contribution in [1.29, 1.82) is 0 Å². The first kappa shape index (κ1) is 15.8. The lowest BCUT2D eigenvalue weighted by molar-refractivity contribution is -0.384. The molecule has 2 N–H and O–H groups in total. The molecule has 1 atom stereocenters. The Labute approximate surface area is 136 Å². The minimum Gasteiger partial charge on any atom is -0.376 e. The minimum atomic E-state index is -0.453. The summed E-state index contributed by atoms with van der Waals surface area (Å²) >= 11 is 1.26. The van der Waals surface area contributed by atoms with E-state index in [0.29, 0.717) is 22.7 Å². The number of ether oxygens (including phenoxy) is 1. The van der Waals surface area contributed by atoms with Crippen LogP contribution in [0.5, 0.6) is 0 Å². The summed E-state index contributed by atoms with van der Waals surface area (Å²) in [5.41, 5.74) is 1.23. The molecule has 122 valence electrons. The standard InChI is InChI=1S/C14H16N4O4S/c19-13(15-7-10-2-1-5-22-10)8-23-14-16-11-4-3-9(18(20)21)6-12(11)17-14/h3-4,6,10H,1-2,5,7-8H2,(H,15,19)(H,16,17)/t10-/m0/s1. The number of nitrogens with zero attached hydrogens (tertiary/aromatic N) is 2. The van der Waals surface area contributed by atoms with Crippen LogP contribution in [0.3, 0.4) is 0 Å². The van der Waals surface area contributed by atoms with Crippen LogP contribution in [0.15, 0.2) is 23.4 Å². The molecule has 2 heterocycles. The molecular weight excluding hydrogens is 320 g/mol. The number of benzene rings is 1. The van der Waals surface area contributed by atoms with Crippen molar-refractivity contribution in [3.8, 4) is 0 Å². The third-order valence-electron chi connectivity index (χ3n) is 3.55. The highest BCUT2D eigenvalue weighted by Gasteiger charge is 2.16. The number of nitro groups is 1. The Kier molecular flexibility index (Phi) is 4.77. The van der Waals surface area contributed by atoms with Gasteiger partial charge >= 0.3 is 0 Å². The van der Waals surface area contributed by atoms with Crippen LogP contribution in [-0.2, 0) is 9.53 Å². The fraction of sp³-hybridized carbons (Fsp3) is 0.429. The van der Waals surface area contributed by atoms with E-state index in [1.165, 1.54) is 23.9 Å². The van der Waals surface area contributed by atoms with E-state index >= 15 is 0 Å². The lowest BCUT2D eigenvalue weighted by atomic mass is 10.2. The Morgan fingerprint density at radius 2 is 2.43 bits per heavy atom. The van der Waals surface area contributed by atoms with Gasteiger partial charge in [0.25, 0.3) is 5.69 Å². The highest BCUT2D eigenvalue weighted by atomic mass is 32.2. The van der Waals surface area contributed by atoms with E-state index in [2.05, 4.69) is 15.3 Å². The highest BCUT2D eigenvalue weighted by Crippen LogP contribution is 2.23. The van der Waals surface area contributed by atoms with E-state index in [1.807, 2.05) is 0 Å². The lowest BCUT2D eigenvalue weighted by Crippen LogP contribution is -2.32. The van der Waals surface area contributed by atoms with Crippen LogP contribution in [0.4, 0.5) is 5.69 Å². The van der Waals surface area contributed by atoms with E-state index < -0.39 is 4.92 Å². The summed E-state index contributed by atoms with van der Waals surface area (Å²) in [6, 6.07) is 4.43. The number of H-pyrrole nitrogens is 1. The van der Waals surface area contributed by atoms with Crippen LogP contribution < -0.4 is 5.32 Å². The molecule has 3 rings (SSSR count). The van der Waals surface area contributed by atoms with Gasteiger partial charge in [0.05, 0.1) is 27.8 Å². The van der Waals surface area contributed by atoms with Gasteiger partial charge in [-0.25, -0.2) is 4.98 Å². The Balaban J connectivity index is 1.54. The summed E-state index contributed by atoms with van der Waals surface area (Å²) in [4.78, 5) is 29.4. The first-order valence-corrected chi connectivity index (χ1v) is 8.25. The second kappa shape index (κ2) is 6.97. The molecule has 1 aliphatic heterocycles. The number of amides is 1. The smallest absolute Gasteiger partial charge is 0.271 e. The number of hydrogen-bond acceptors (Lipinski definition) is 6. The number of aromatic nitrogens is 2. The number of thioether (sulfide) groups is 1. The molecule has 1 amide bonds. The number of imidazole rings is 1. The molecule has 2 aromatic rings. The molecule has 0 aliphatic carbocycles. The van der Waals surface area contributed by atoms with Gasteiger partial charge in [-0.05, 0) is 18.9 Å². The third kappa shape index (κ3) is 3.99. The summed E-state index contributed by atoms with van der Waals surface area (Å²) in [7, 11) is 0. The van der Waals surface area contributed by atoms with Crippen molar-refractivity contribution in [2.75, 3.05) is 18.9 Å². The molecule has 0 bridgehead atoms. The number of nitro benzene ring substituents is 1. The van der Waals surface area contributed by atoms with Gasteiger partial charge in [0, 0.05) is 25.3 Å². The highest BCUT2D eigenvalue weighted by molar-refractivity contribution is 7.99. The molecule has 0 radical (unpaired) electrons. The largest absolute Gasteiger partial charge is 0.376 e. The van der Waals surface area contributed by atoms with Crippen LogP contribution >= 0.6 is 11.8 Å². The van der Waals surface area contributed by atoms with Crippen molar-refractivity contribution in [2.24, 2.45) is 0 Å². The van der Waals surface area contributed by atoms with E-state index in [-0.39, 0.29) is 23.5 Å². The van der Waals surface area contributed by atoms with Gasteiger partial charge in [0.15, 0.2) is 5.16 Å². The molecule has 0 unspecified atom stereocenters. The average molecular weight is 336 g/mol. The number of carbonyl (C=O) groups excluding carboxylic acids is 1. The normalized spacial score (nSPS) is 17.5. The first-order chi connectivity index (χ1) is 11.1. The summed E-state index contributed by atoms with van der Waals surface area (Å²) < 4.78 is 5.44. The molecule has 23 heavy (non-hydrogen) atoms. The summed E-state index contributed by atoms with van der Waals surface area (Å²) in [5, 5.41) is 14.1. The average Bonchev–Trinajstić information content (AvgIpc) is 3.18. The van der Waals surface area contributed by atoms with Crippen LogP contribution in [0, 0.1) is 10.1 Å². The molecular formula is C14H16N4O4S. The zero-order valence-electron chi connectivity index (χ0n) is 12.3. The predicted octanol–water partition coefficient (Wildman–Crippen LogP) is 1.86. The maximum atomic E-state index is 11.8. The van der Waals surface area contributed by atoms with Crippen molar-refractivity contribution in [3.63, 3.8) is 0 Å². The summed E-state index contributed by atoms with van der Waals surface area (Å²) in [6.45, 7) is 1.30. The number of carbonyl (C=O) groups is 1. The van der Waals surface area contributed by atoms with Crippen LogP contribution in [0.25, 0.3) is 11.0 Å². The molecule has 1 aromatic heterocycles. The fourth-order valence-electron chi connectivity index (χ4n) is 2.37. The molecule has 1 aromatic carbocycles. The molecule has 0 spiro atoms. The Morgan fingerprint density at radius 3 is 3.17 bits per heavy atom. The topological polar surface area (TPSA) is 110 Å². The Bertz CT molecular complexity index is 727. The number of non-ortho nitro benzene ring substituents is 1. The molecule has 1 fully saturated rings. The fourth-order valence-corrected chi connectivity index (χ4v) is 3.09. The van der Waals surface area contributed by atoms with E-state index in [1.54, 1.807) is 6.07 Å². The summed E-state index contributed by atoms with van der Waals surface area (Å²) in [5.74, 6) is 0.145.